The highest BCUT2D eigenvalue weighted by Gasteiger charge is 2.11. The number of rotatable bonds is 5. The number of carbonyl (C=O) groups is 1. The van der Waals surface area contributed by atoms with Gasteiger partial charge in [0, 0.05) is 13.2 Å². The van der Waals surface area contributed by atoms with Gasteiger partial charge in [0.25, 0.3) is 5.91 Å². The van der Waals surface area contributed by atoms with Gasteiger partial charge in [0.15, 0.2) is 6.61 Å². The summed E-state index contributed by atoms with van der Waals surface area (Å²) in [6, 6.07) is 14.4. The van der Waals surface area contributed by atoms with Crippen molar-refractivity contribution in [3.63, 3.8) is 0 Å². The van der Waals surface area contributed by atoms with Crippen molar-refractivity contribution in [3.8, 4) is 11.8 Å². The molecule has 1 amide bonds. The molecule has 0 spiro atoms. The molecule has 0 N–H and O–H groups in total. The minimum atomic E-state index is -0.173. The maximum Gasteiger partial charge on any atom is 0.260 e. The first-order valence-electron chi connectivity index (χ1n) is 6.46. The van der Waals surface area contributed by atoms with Crippen LogP contribution in [0.5, 0.6) is 5.75 Å². The van der Waals surface area contributed by atoms with Crippen LogP contribution in [0.3, 0.4) is 0 Å². The third-order valence-electron chi connectivity index (χ3n) is 2.91. The van der Waals surface area contributed by atoms with Crippen LogP contribution in [-0.4, -0.2) is 29.4 Å². The Hall–Kier alpha value is -2.87. The molecule has 1 aromatic heterocycles. The second-order valence-corrected chi connectivity index (χ2v) is 4.47. The highest BCUT2D eigenvalue weighted by Crippen LogP contribution is 2.16. The van der Waals surface area contributed by atoms with Gasteiger partial charge in [-0.25, -0.2) is 0 Å². The van der Waals surface area contributed by atoms with E-state index < -0.39 is 0 Å². The summed E-state index contributed by atoms with van der Waals surface area (Å²) < 4.78 is 5.41. The number of pyridine rings is 1. The zero-order valence-electron chi connectivity index (χ0n) is 11.7. The van der Waals surface area contributed by atoms with E-state index in [1.807, 2.05) is 24.3 Å². The van der Waals surface area contributed by atoms with Crippen LogP contribution in [0.1, 0.15) is 11.3 Å². The summed E-state index contributed by atoms with van der Waals surface area (Å²) in [5.41, 5.74) is 1.23. The monoisotopic (exact) mass is 281 g/mol. The molecular formula is C16H15N3O2. The Balaban J connectivity index is 1.91. The smallest absolute Gasteiger partial charge is 0.260 e. The van der Waals surface area contributed by atoms with E-state index in [1.165, 1.54) is 4.90 Å². The lowest BCUT2D eigenvalue weighted by molar-refractivity contribution is -0.132. The van der Waals surface area contributed by atoms with Gasteiger partial charge in [-0.1, -0.05) is 18.2 Å². The zero-order chi connectivity index (χ0) is 15.1. The van der Waals surface area contributed by atoms with Crippen LogP contribution in [0.2, 0.25) is 0 Å². The van der Waals surface area contributed by atoms with Crippen LogP contribution in [0.15, 0.2) is 48.7 Å². The molecule has 2 aromatic rings. The number of ether oxygens (including phenoxy) is 1. The molecule has 5 heteroatoms. The first kappa shape index (κ1) is 14.5. The average molecular weight is 281 g/mol. The lowest BCUT2D eigenvalue weighted by Crippen LogP contribution is -2.31. The van der Waals surface area contributed by atoms with Gasteiger partial charge in [-0.2, -0.15) is 5.26 Å². The van der Waals surface area contributed by atoms with Crippen molar-refractivity contribution in [1.29, 1.82) is 5.26 Å². The van der Waals surface area contributed by atoms with Crippen LogP contribution < -0.4 is 4.74 Å². The lowest BCUT2D eigenvalue weighted by Gasteiger charge is -2.17. The number of carbonyl (C=O) groups excluding carboxylic acids is 1. The van der Waals surface area contributed by atoms with Gasteiger partial charge in [0.05, 0.1) is 17.8 Å². The van der Waals surface area contributed by atoms with Gasteiger partial charge >= 0.3 is 0 Å². The number of hydrogen-bond acceptors (Lipinski definition) is 4. The number of nitriles is 1. The van der Waals surface area contributed by atoms with Crippen molar-refractivity contribution >= 4 is 5.91 Å². The highest BCUT2D eigenvalue weighted by atomic mass is 16.5. The molecule has 21 heavy (non-hydrogen) atoms. The fourth-order valence-corrected chi connectivity index (χ4v) is 1.76. The molecule has 0 aliphatic heterocycles. The van der Waals surface area contributed by atoms with E-state index in [-0.39, 0.29) is 12.5 Å². The SMILES string of the molecule is CN(Cc1ccccn1)C(=O)COc1ccccc1C#N. The fourth-order valence-electron chi connectivity index (χ4n) is 1.76. The number of likely N-dealkylation sites (N-methyl/N-ethyl adjacent to an activating group) is 1. The van der Waals surface area contributed by atoms with Crippen molar-refractivity contribution in [2.45, 2.75) is 6.54 Å². The summed E-state index contributed by atoms with van der Waals surface area (Å²) in [6.07, 6.45) is 1.69. The molecule has 1 heterocycles. The number of nitrogens with zero attached hydrogens (tertiary/aromatic N) is 3. The Morgan fingerprint density at radius 2 is 2.05 bits per heavy atom. The molecule has 5 nitrogen and oxygen atoms in total. The maximum absolute atomic E-state index is 12.0. The lowest BCUT2D eigenvalue weighted by atomic mass is 10.2. The summed E-state index contributed by atoms with van der Waals surface area (Å²) in [5.74, 6) is 0.244. The molecule has 0 saturated heterocycles. The summed E-state index contributed by atoms with van der Waals surface area (Å²) in [7, 11) is 1.69. The molecule has 0 bridgehead atoms. The van der Waals surface area contributed by atoms with Gasteiger partial charge in [-0.05, 0) is 24.3 Å². The van der Waals surface area contributed by atoms with Gasteiger partial charge < -0.3 is 9.64 Å². The van der Waals surface area contributed by atoms with E-state index in [0.717, 1.165) is 5.69 Å². The largest absolute Gasteiger partial charge is 0.482 e. The molecule has 1 aromatic carbocycles. The molecule has 2 rings (SSSR count). The number of amides is 1. The quantitative estimate of drug-likeness (QED) is 0.840. The molecule has 0 radical (unpaired) electrons. The van der Waals surface area contributed by atoms with Gasteiger partial charge in [-0.3, -0.25) is 9.78 Å². The van der Waals surface area contributed by atoms with E-state index >= 15 is 0 Å². The first-order chi connectivity index (χ1) is 10.2. The molecular weight excluding hydrogens is 266 g/mol. The summed E-state index contributed by atoms with van der Waals surface area (Å²) in [6.45, 7) is 0.310. The van der Waals surface area contributed by atoms with Gasteiger partial charge in [0.2, 0.25) is 0 Å². The van der Waals surface area contributed by atoms with Crippen molar-refractivity contribution in [2.75, 3.05) is 13.7 Å². The molecule has 0 unspecified atom stereocenters. The van der Waals surface area contributed by atoms with E-state index in [1.54, 1.807) is 37.5 Å². The van der Waals surface area contributed by atoms with E-state index in [0.29, 0.717) is 17.9 Å². The summed E-state index contributed by atoms with van der Waals surface area (Å²) >= 11 is 0. The van der Waals surface area contributed by atoms with E-state index in [9.17, 15) is 4.79 Å². The van der Waals surface area contributed by atoms with E-state index in [2.05, 4.69) is 4.98 Å². The molecule has 0 aliphatic rings. The molecule has 106 valence electrons. The summed E-state index contributed by atoms with van der Waals surface area (Å²) in [4.78, 5) is 17.7. The second-order valence-electron chi connectivity index (χ2n) is 4.47. The normalized spacial score (nSPS) is 9.71. The highest BCUT2D eigenvalue weighted by molar-refractivity contribution is 5.77. The van der Waals surface area contributed by atoms with E-state index in [4.69, 9.17) is 10.00 Å². The minimum Gasteiger partial charge on any atom is -0.482 e. The topological polar surface area (TPSA) is 66.2 Å². The Morgan fingerprint density at radius 1 is 1.29 bits per heavy atom. The Labute approximate surface area is 123 Å². The maximum atomic E-state index is 12.0. The zero-order valence-corrected chi connectivity index (χ0v) is 11.7. The van der Waals surface area contributed by atoms with Crippen LogP contribution in [0, 0.1) is 11.3 Å². The molecule has 0 aliphatic carbocycles. The van der Waals surface area contributed by atoms with Gasteiger partial charge in [-0.15, -0.1) is 0 Å². The minimum absolute atomic E-state index is 0.109. The first-order valence-corrected chi connectivity index (χ1v) is 6.46. The van der Waals surface area contributed by atoms with Crippen molar-refractivity contribution < 1.29 is 9.53 Å². The average Bonchev–Trinajstić information content (AvgIpc) is 2.53. The standard InChI is InChI=1S/C16H15N3O2/c1-19(11-14-7-4-5-9-18-14)16(20)12-21-15-8-3-2-6-13(15)10-17/h2-9H,11-12H2,1H3. The Morgan fingerprint density at radius 3 is 2.76 bits per heavy atom. The second kappa shape index (κ2) is 7.06. The number of aromatic nitrogens is 1. The van der Waals surface area contributed by atoms with Crippen LogP contribution in [0.25, 0.3) is 0 Å². The predicted molar refractivity (Wildman–Crippen MR) is 77.4 cm³/mol. The van der Waals surface area contributed by atoms with Crippen molar-refractivity contribution in [1.82, 2.24) is 9.88 Å². The predicted octanol–water partition coefficient (Wildman–Crippen LogP) is 1.99. The third-order valence-corrected chi connectivity index (χ3v) is 2.91. The van der Waals surface area contributed by atoms with Crippen LogP contribution in [0.4, 0.5) is 0 Å². The molecule has 0 fully saturated rings. The fraction of sp³-hybridized carbons (Fsp3) is 0.188. The third kappa shape index (κ3) is 4.05. The Bertz CT molecular complexity index is 650. The summed E-state index contributed by atoms with van der Waals surface area (Å²) in [5, 5.41) is 8.95. The number of para-hydroxylation sites is 1. The Kier molecular flexibility index (Phi) is 4.89. The van der Waals surface area contributed by atoms with Crippen molar-refractivity contribution in [2.24, 2.45) is 0 Å². The number of hydrogen-bond donors (Lipinski definition) is 0. The van der Waals surface area contributed by atoms with Crippen LogP contribution >= 0.6 is 0 Å². The van der Waals surface area contributed by atoms with Crippen molar-refractivity contribution in [3.05, 3.63) is 59.9 Å². The molecule has 0 atom stereocenters. The molecule has 0 saturated carbocycles. The number of benzene rings is 1. The van der Waals surface area contributed by atoms with Crippen LogP contribution in [-0.2, 0) is 11.3 Å². The van der Waals surface area contributed by atoms with Gasteiger partial charge in [0.1, 0.15) is 11.8 Å².